The van der Waals surface area contributed by atoms with Gasteiger partial charge in [-0.2, -0.15) is 0 Å². The lowest BCUT2D eigenvalue weighted by Crippen LogP contribution is -2.36. The number of nitrogens with two attached hydrogens (primary N) is 1. The Hall–Kier alpha value is 0.137. The highest BCUT2D eigenvalue weighted by Crippen LogP contribution is 1.95. The first-order valence-corrected chi connectivity index (χ1v) is 4.44. The van der Waals surface area contributed by atoms with Crippen molar-refractivity contribution in [3.05, 3.63) is 0 Å². The van der Waals surface area contributed by atoms with Gasteiger partial charge in [-0.05, 0) is 19.0 Å². The van der Waals surface area contributed by atoms with E-state index in [2.05, 4.69) is 4.98 Å². The summed E-state index contributed by atoms with van der Waals surface area (Å²) in [5.41, 5.74) is 0. The number of hydrogen-bond acceptors (Lipinski definition) is 2. The van der Waals surface area contributed by atoms with E-state index in [1.165, 1.54) is 19.0 Å². The van der Waals surface area contributed by atoms with Crippen LogP contribution in [0.15, 0.2) is 0 Å². The lowest BCUT2D eigenvalue weighted by atomic mass is 10.5. The summed E-state index contributed by atoms with van der Waals surface area (Å²) in [5.74, 6) is 0. The van der Waals surface area contributed by atoms with E-state index in [9.17, 15) is 0 Å². The van der Waals surface area contributed by atoms with E-state index in [1.54, 1.807) is 0 Å². The highest BCUT2D eigenvalue weighted by molar-refractivity contribution is 6.53. The maximum Gasteiger partial charge on any atom is 0.181 e. The van der Waals surface area contributed by atoms with Crippen molar-refractivity contribution in [3.8, 4) is 0 Å². The normalized spacial score (nSPS) is 34.5. The number of nitrogens with one attached hydrogen (secondary N) is 1. The van der Waals surface area contributed by atoms with Crippen LogP contribution in [0, 0.1) is 0 Å². The first-order chi connectivity index (χ1) is 2.89. The zero-order valence-corrected chi connectivity index (χ0v) is 4.93. The monoisotopic (exact) mass is 102 g/mol. The first-order valence-electron chi connectivity index (χ1n) is 2.38. The van der Waals surface area contributed by atoms with Gasteiger partial charge in [-0.3, -0.25) is 0 Å². The maximum absolute atomic E-state index is 5.56. The summed E-state index contributed by atoms with van der Waals surface area (Å²) in [4.78, 5) is 3.24. The third kappa shape index (κ3) is 0.799. The highest BCUT2D eigenvalue weighted by atomic mass is 28.3. The Bertz CT molecular complexity index is 42.1. The van der Waals surface area contributed by atoms with Crippen molar-refractivity contribution in [2.45, 2.75) is 12.5 Å². The molecule has 0 bridgehead atoms. The van der Waals surface area contributed by atoms with Crippen LogP contribution in [0.2, 0.25) is 6.04 Å². The Morgan fingerprint density at radius 2 is 2.50 bits per heavy atom. The number of hydrogen-bond donors (Lipinski definition) is 2. The van der Waals surface area contributed by atoms with E-state index in [4.69, 9.17) is 5.40 Å². The SMILES string of the molecule is N[SiH]1CCCN1. The van der Waals surface area contributed by atoms with E-state index in [0.29, 0.717) is 0 Å². The van der Waals surface area contributed by atoms with Crippen molar-refractivity contribution in [3.63, 3.8) is 0 Å². The molecule has 0 saturated carbocycles. The van der Waals surface area contributed by atoms with E-state index >= 15 is 0 Å². The summed E-state index contributed by atoms with van der Waals surface area (Å²) < 4.78 is 0. The second kappa shape index (κ2) is 1.73. The van der Waals surface area contributed by atoms with E-state index in [-0.39, 0.29) is 0 Å². The fourth-order valence-corrected chi connectivity index (χ4v) is 2.13. The van der Waals surface area contributed by atoms with Crippen LogP contribution in [-0.4, -0.2) is 15.7 Å². The summed E-state index contributed by atoms with van der Waals surface area (Å²) >= 11 is 0. The number of rotatable bonds is 0. The van der Waals surface area contributed by atoms with Gasteiger partial charge in [0.1, 0.15) is 0 Å². The molecule has 0 aromatic heterocycles. The van der Waals surface area contributed by atoms with Gasteiger partial charge in [0.2, 0.25) is 0 Å². The molecule has 2 nitrogen and oxygen atoms in total. The van der Waals surface area contributed by atoms with Gasteiger partial charge in [0.15, 0.2) is 9.12 Å². The van der Waals surface area contributed by atoms with Crippen LogP contribution in [0.5, 0.6) is 0 Å². The Morgan fingerprint density at radius 1 is 1.67 bits per heavy atom. The second-order valence-corrected chi connectivity index (χ2v) is 3.90. The van der Waals surface area contributed by atoms with Crippen LogP contribution in [-0.2, 0) is 0 Å². The lowest BCUT2D eigenvalue weighted by molar-refractivity contribution is 0.931. The van der Waals surface area contributed by atoms with Crippen LogP contribution < -0.4 is 10.4 Å². The van der Waals surface area contributed by atoms with Crippen LogP contribution >= 0.6 is 0 Å². The van der Waals surface area contributed by atoms with Gasteiger partial charge in [-0.1, -0.05) is 0 Å². The summed E-state index contributed by atoms with van der Waals surface area (Å²) in [7, 11) is -0.799. The van der Waals surface area contributed by atoms with Crippen molar-refractivity contribution < 1.29 is 0 Å². The molecule has 36 valence electrons. The zero-order chi connectivity index (χ0) is 4.41. The van der Waals surface area contributed by atoms with Crippen molar-refractivity contribution in [2.75, 3.05) is 6.54 Å². The molecule has 1 heterocycles. The minimum absolute atomic E-state index is 0.799. The molecule has 0 aromatic carbocycles. The molecular weight excluding hydrogens is 92.1 g/mol. The quantitative estimate of drug-likeness (QED) is 0.391. The van der Waals surface area contributed by atoms with Crippen molar-refractivity contribution in [2.24, 2.45) is 5.40 Å². The van der Waals surface area contributed by atoms with Gasteiger partial charge in [0.25, 0.3) is 0 Å². The molecule has 0 aliphatic carbocycles. The summed E-state index contributed by atoms with van der Waals surface area (Å²) in [6.07, 6.45) is 1.31. The van der Waals surface area contributed by atoms with Gasteiger partial charge >= 0.3 is 0 Å². The average molecular weight is 102 g/mol. The van der Waals surface area contributed by atoms with E-state index < -0.39 is 9.12 Å². The Labute approximate surface area is 39.5 Å². The van der Waals surface area contributed by atoms with Crippen LogP contribution in [0.25, 0.3) is 0 Å². The predicted octanol–water partition coefficient (Wildman–Crippen LogP) is -0.841. The molecule has 0 amide bonds. The van der Waals surface area contributed by atoms with Crippen LogP contribution in [0.1, 0.15) is 6.42 Å². The Balaban J connectivity index is 2.18. The van der Waals surface area contributed by atoms with Gasteiger partial charge in [-0.15, -0.1) is 0 Å². The predicted molar refractivity (Wildman–Crippen MR) is 28.8 cm³/mol. The fraction of sp³-hybridized carbons (Fsp3) is 1.00. The van der Waals surface area contributed by atoms with Crippen LogP contribution in [0.3, 0.4) is 0 Å². The molecule has 1 atom stereocenters. The van der Waals surface area contributed by atoms with Crippen LogP contribution in [0.4, 0.5) is 0 Å². The zero-order valence-electron chi connectivity index (χ0n) is 3.78. The minimum atomic E-state index is -0.799. The van der Waals surface area contributed by atoms with E-state index in [0.717, 1.165) is 0 Å². The Kier molecular flexibility index (Phi) is 1.24. The molecule has 1 fully saturated rings. The topological polar surface area (TPSA) is 38.0 Å². The molecule has 0 radical (unpaired) electrons. The molecule has 1 saturated heterocycles. The molecule has 3 heteroatoms. The van der Waals surface area contributed by atoms with Gasteiger partial charge in [-0.25, -0.2) is 0 Å². The second-order valence-electron chi connectivity index (χ2n) is 1.70. The van der Waals surface area contributed by atoms with Gasteiger partial charge in [0.05, 0.1) is 0 Å². The molecule has 1 aliphatic heterocycles. The van der Waals surface area contributed by atoms with Gasteiger partial charge < -0.3 is 10.4 Å². The van der Waals surface area contributed by atoms with Crippen molar-refractivity contribution >= 4 is 9.12 Å². The summed E-state index contributed by atoms with van der Waals surface area (Å²) in [6, 6.07) is 1.29. The largest absolute Gasteiger partial charge is 0.341 e. The molecule has 1 rings (SSSR count). The first kappa shape index (κ1) is 4.30. The molecule has 1 unspecified atom stereocenters. The molecule has 0 spiro atoms. The molecule has 6 heavy (non-hydrogen) atoms. The molecule has 1 aliphatic rings. The molecule has 3 N–H and O–H groups in total. The molecular formula is C3H10N2Si. The fourth-order valence-electron chi connectivity index (χ4n) is 0.711. The highest BCUT2D eigenvalue weighted by Gasteiger charge is 2.08. The summed E-state index contributed by atoms with van der Waals surface area (Å²) in [6.45, 7) is 1.17. The third-order valence-electron chi connectivity index (χ3n) is 1.10. The average Bonchev–Trinajstić information content (AvgIpc) is 1.86. The Morgan fingerprint density at radius 3 is 2.67 bits per heavy atom. The van der Waals surface area contributed by atoms with Crippen molar-refractivity contribution in [1.29, 1.82) is 0 Å². The summed E-state index contributed by atoms with van der Waals surface area (Å²) in [5, 5.41) is 5.56. The minimum Gasteiger partial charge on any atom is -0.341 e. The standard InChI is InChI=1S/C3H10N2Si/c4-6-3-1-2-5-6/h5-6H,1-4H2. The lowest BCUT2D eigenvalue weighted by Gasteiger charge is -1.92. The van der Waals surface area contributed by atoms with Crippen molar-refractivity contribution in [1.82, 2.24) is 4.98 Å². The third-order valence-corrected chi connectivity index (χ3v) is 2.94. The van der Waals surface area contributed by atoms with E-state index in [1.807, 2.05) is 0 Å². The molecule has 0 aromatic rings. The smallest absolute Gasteiger partial charge is 0.181 e. The van der Waals surface area contributed by atoms with Gasteiger partial charge in [0, 0.05) is 0 Å². The maximum atomic E-state index is 5.56.